The number of nitrogens with zero attached hydrogens (tertiary/aromatic N) is 1. The van der Waals surface area contributed by atoms with Crippen LogP contribution in [-0.4, -0.2) is 19.0 Å². The quantitative estimate of drug-likeness (QED) is 0.713. The fourth-order valence-corrected chi connectivity index (χ4v) is 1.37. The molecule has 0 saturated carbocycles. The van der Waals surface area contributed by atoms with Crippen molar-refractivity contribution in [3.8, 4) is 0 Å². The monoisotopic (exact) mass is 193 g/mol. The van der Waals surface area contributed by atoms with E-state index in [1.54, 1.807) is 12.1 Å². The molecule has 0 fully saturated rings. The fourth-order valence-electron chi connectivity index (χ4n) is 1.37. The summed E-state index contributed by atoms with van der Waals surface area (Å²) in [6.45, 7) is 6.29. The molecule has 14 heavy (non-hydrogen) atoms. The molecule has 0 aliphatic heterocycles. The van der Waals surface area contributed by atoms with Crippen LogP contribution in [0, 0.1) is 5.82 Å². The first-order valence-electron chi connectivity index (χ1n) is 4.59. The van der Waals surface area contributed by atoms with E-state index < -0.39 is 0 Å². The van der Waals surface area contributed by atoms with E-state index in [2.05, 4.69) is 6.58 Å². The van der Waals surface area contributed by atoms with Gasteiger partial charge in [0.05, 0.1) is 0 Å². The van der Waals surface area contributed by atoms with Gasteiger partial charge in [0, 0.05) is 12.1 Å². The van der Waals surface area contributed by atoms with Crippen LogP contribution >= 0.6 is 0 Å². The Balaban J connectivity index is 2.94. The van der Waals surface area contributed by atoms with E-state index in [4.69, 9.17) is 0 Å². The van der Waals surface area contributed by atoms with E-state index in [-0.39, 0.29) is 5.82 Å². The molecule has 0 aromatic heterocycles. The molecule has 2 heteroatoms. The lowest BCUT2D eigenvalue weighted by Crippen LogP contribution is -2.10. The number of allylic oxidation sites excluding steroid dienone is 1. The van der Waals surface area contributed by atoms with Gasteiger partial charge in [0.1, 0.15) is 5.82 Å². The van der Waals surface area contributed by atoms with Crippen LogP contribution in [0.25, 0.3) is 5.57 Å². The highest BCUT2D eigenvalue weighted by molar-refractivity contribution is 5.62. The van der Waals surface area contributed by atoms with Gasteiger partial charge in [-0.3, -0.25) is 0 Å². The Morgan fingerprint density at radius 3 is 2.50 bits per heavy atom. The molecule has 0 heterocycles. The van der Waals surface area contributed by atoms with Gasteiger partial charge in [0.15, 0.2) is 0 Å². The summed E-state index contributed by atoms with van der Waals surface area (Å²) < 4.78 is 13.5. The van der Waals surface area contributed by atoms with E-state index >= 15 is 0 Å². The lowest BCUT2D eigenvalue weighted by Gasteiger charge is -2.10. The SMILES string of the molecule is C=C(C)c1ccc(CN(C)C)cc1F. The molecular weight excluding hydrogens is 177 g/mol. The Labute approximate surface area is 84.9 Å². The Morgan fingerprint density at radius 2 is 2.07 bits per heavy atom. The van der Waals surface area contributed by atoms with E-state index in [1.807, 2.05) is 32.0 Å². The van der Waals surface area contributed by atoms with E-state index in [1.165, 1.54) is 0 Å². The molecule has 1 rings (SSSR count). The average molecular weight is 193 g/mol. The second-order valence-electron chi connectivity index (χ2n) is 3.83. The molecule has 0 radical (unpaired) electrons. The van der Waals surface area contributed by atoms with Crippen molar-refractivity contribution in [2.75, 3.05) is 14.1 Å². The smallest absolute Gasteiger partial charge is 0.130 e. The zero-order valence-corrected chi connectivity index (χ0v) is 8.97. The third kappa shape index (κ3) is 2.67. The van der Waals surface area contributed by atoms with Crippen LogP contribution < -0.4 is 0 Å². The van der Waals surface area contributed by atoms with Crippen LogP contribution in [0.4, 0.5) is 4.39 Å². The lowest BCUT2D eigenvalue weighted by atomic mass is 10.1. The van der Waals surface area contributed by atoms with Crippen molar-refractivity contribution in [2.24, 2.45) is 0 Å². The zero-order valence-electron chi connectivity index (χ0n) is 8.97. The Morgan fingerprint density at radius 1 is 1.43 bits per heavy atom. The predicted molar refractivity (Wildman–Crippen MR) is 58.5 cm³/mol. The molecule has 0 amide bonds. The topological polar surface area (TPSA) is 3.24 Å². The van der Waals surface area contributed by atoms with Crippen LogP contribution in [0.1, 0.15) is 18.1 Å². The molecular formula is C12H16FN. The Kier molecular flexibility index (Phi) is 3.42. The molecule has 0 aliphatic rings. The minimum absolute atomic E-state index is 0.183. The van der Waals surface area contributed by atoms with Crippen molar-refractivity contribution in [1.29, 1.82) is 0 Å². The van der Waals surface area contributed by atoms with Crippen LogP contribution in [0.5, 0.6) is 0 Å². The summed E-state index contributed by atoms with van der Waals surface area (Å²) in [6, 6.07) is 5.30. The highest BCUT2D eigenvalue weighted by Crippen LogP contribution is 2.17. The van der Waals surface area contributed by atoms with Gasteiger partial charge in [-0.2, -0.15) is 0 Å². The molecule has 0 atom stereocenters. The second-order valence-corrected chi connectivity index (χ2v) is 3.83. The van der Waals surface area contributed by atoms with Gasteiger partial charge in [0.25, 0.3) is 0 Å². The van der Waals surface area contributed by atoms with Crippen LogP contribution in [-0.2, 0) is 6.54 Å². The maximum Gasteiger partial charge on any atom is 0.130 e. The number of halogens is 1. The summed E-state index contributed by atoms with van der Waals surface area (Å²) in [4.78, 5) is 2.01. The van der Waals surface area contributed by atoms with Crippen molar-refractivity contribution in [2.45, 2.75) is 13.5 Å². The molecule has 0 bridgehead atoms. The van der Waals surface area contributed by atoms with Crippen molar-refractivity contribution in [1.82, 2.24) is 4.90 Å². The maximum atomic E-state index is 13.5. The molecule has 0 aliphatic carbocycles. The first-order chi connectivity index (χ1) is 6.50. The van der Waals surface area contributed by atoms with Crippen LogP contribution in [0.3, 0.4) is 0 Å². The third-order valence-electron chi connectivity index (χ3n) is 1.99. The van der Waals surface area contributed by atoms with Crippen molar-refractivity contribution in [3.63, 3.8) is 0 Å². The highest BCUT2D eigenvalue weighted by Gasteiger charge is 2.04. The van der Waals surface area contributed by atoms with Crippen molar-refractivity contribution < 1.29 is 4.39 Å². The first-order valence-corrected chi connectivity index (χ1v) is 4.59. The zero-order chi connectivity index (χ0) is 10.7. The van der Waals surface area contributed by atoms with Crippen molar-refractivity contribution in [3.05, 3.63) is 41.7 Å². The standard InChI is InChI=1S/C12H16FN/c1-9(2)11-6-5-10(7-12(11)13)8-14(3)4/h5-7H,1,8H2,2-4H3. The number of rotatable bonds is 3. The largest absolute Gasteiger partial charge is 0.305 e. The van der Waals surface area contributed by atoms with Gasteiger partial charge in [0.2, 0.25) is 0 Å². The van der Waals surface area contributed by atoms with Crippen LogP contribution in [0.2, 0.25) is 0 Å². The van der Waals surface area contributed by atoms with E-state index in [0.29, 0.717) is 5.56 Å². The van der Waals surface area contributed by atoms with Crippen molar-refractivity contribution >= 4 is 5.57 Å². The Hall–Kier alpha value is -1.15. The summed E-state index contributed by atoms with van der Waals surface area (Å²) in [5.41, 5.74) is 2.35. The predicted octanol–water partition coefficient (Wildman–Crippen LogP) is 2.92. The van der Waals surface area contributed by atoms with Gasteiger partial charge >= 0.3 is 0 Å². The van der Waals surface area contributed by atoms with Gasteiger partial charge in [-0.25, -0.2) is 4.39 Å². The second kappa shape index (κ2) is 4.38. The number of benzene rings is 1. The van der Waals surface area contributed by atoms with E-state index in [0.717, 1.165) is 17.7 Å². The molecule has 1 aromatic rings. The molecule has 0 spiro atoms. The number of hydrogen-bond donors (Lipinski definition) is 0. The highest BCUT2D eigenvalue weighted by atomic mass is 19.1. The maximum absolute atomic E-state index is 13.5. The van der Waals surface area contributed by atoms with Gasteiger partial charge in [-0.05, 0) is 38.2 Å². The molecule has 0 N–H and O–H groups in total. The minimum Gasteiger partial charge on any atom is -0.305 e. The van der Waals surface area contributed by atoms with Gasteiger partial charge in [-0.1, -0.05) is 18.7 Å². The third-order valence-corrected chi connectivity index (χ3v) is 1.99. The molecule has 0 saturated heterocycles. The first kappa shape index (κ1) is 10.9. The molecule has 76 valence electrons. The summed E-state index contributed by atoms with van der Waals surface area (Å²) in [6.07, 6.45) is 0. The average Bonchev–Trinajstić information content (AvgIpc) is 2.01. The minimum atomic E-state index is -0.183. The summed E-state index contributed by atoms with van der Waals surface area (Å²) >= 11 is 0. The van der Waals surface area contributed by atoms with Crippen LogP contribution in [0.15, 0.2) is 24.8 Å². The number of hydrogen-bond acceptors (Lipinski definition) is 1. The normalized spacial score (nSPS) is 10.6. The summed E-state index contributed by atoms with van der Waals surface area (Å²) in [5, 5.41) is 0. The molecule has 1 nitrogen and oxygen atoms in total. The van der Waals surface area contributed by atoms with Gasteiger partial charge < -0.3 is 4.90 Å². The molecule has 1 aromatic carbocycles. The van der Waals surface area contributed by atoms with Gasteiger partial charge in [-0.15, -0.1) is 0 Å². The molecule has 0 unspecified atom stereocenters. The summed E-state index contributed by atoms with van der Waals surface area (Å²) in [5.74, 6) is -0.183. The van der Waals surface area contributed by atoms with E-state index in [9.17, 15) is 4.39 Å². The fraction of sp³-hybridized carbons (Fsp3) is 0.333. The lowest BCUT2D eigenvalue weighted by molar-refractivity contribution is 0.401. The Bertz CT molecular complexity index is 342. The summed E-state index contributed by atoms with van der Waals surface area (Å²) in [7, 11) is 3.93.